The van der Waals surface area contributed by atoms with Crippen LogP contribution in [-0.2, 0) is 4.79 Å². The summed E-state index contributed by atoms with van der Waals surface area (Å²) in [6.45, 7) is 0.814. The van der Waals surface area contributed by atoms with Crippen LogP contribution in [0.2, 0.25) is 0 Å². The van der Waals surface area contributed by atoms with Crippen LogP contribution in [0.5, 0.6) is 0 Å². The smallest absolute Gasteiger partial charge is 0.226 e. The highest BCUT2D eigenvalue weighted by Crippen LogP contribution is 2.49. The van der Waals surface area contributed by atoms with Gasteiger partial charge in [-0.3, -0.25) is 4.79 Å². The number of hydrogen-bond donors (Lipinski definition) is 2. The van der Waals surface area contributed by atoms with Gasteiger partial charge in [-0.1, -0.05) is 18.2 Å². The monoisotopic (exact) mass is 366 g/mol. The van der Waals surface area contributed by atoms with E-state index in [1.165, 1.54) is 12.1 Å². The highest BCUT2D eigenvalue weighted by molar-refractivity contribution is 5.82. The van der Waals surface area contributed by atoms with Crippen LogP contribution in [0.3, 0.4) is 0 Å². The molecular weight excluding hydrogens is 343 g/mol. The van der Waals surface area contributed by atoms with E-state index in [0.717, 1.165) is 48.2 Å². The molecule has 1 saturated heterocycles. The van der Waals surface area contributed by atoms with Crippen molar-refractivity contribution in [2.24, 2.45) is 11.8 Å². The van der Waals surface area contributed by atoms with Crippen molar-refractivity contribution in [3.05, 3.63) is 53.8 Å². The summed E-state index contributed by atoms with van der Waals surface area (Å²) in [6, 6.07) is 12.6. The van der Waals surface area contributed by atoms with Crippen LogP contribution in [0.4, 0.5) is 10.1 Å². The molecule has 5 rings (SSSR count). The Kier molecular flexibility index (Phi) is 3.93. The number of aliphatic hydroxyl groups is 1. The van der Waals surface area contributed by atoms with E-state index in [-0.39, 0.29) is 42.3 Å². The topological polar surface area (TPSA) is 52.6 Å². The number of halogens is 1. The summed E-state index contributed by atoms with van der Waals surface area (Å²) in [4.78, 5) is 14.9. The van der Waals surface area contributed by atoms with Crippen LogP contribution in [0.15, 0.2) is 42.5 Å². The summed E-state index contributed by atoms with van der Waals surface area (Å²) >= 11 is 0. The van der Waals surface area contributed by atoms with Crippen molar-refractivity contribution in [1.29, 1.82) is 0 Å². The molecule has 2 aliphatic heterocycles. The van der Waals surface area contributed by atoms with Gasteiger partial charge in [0.1, 0.15) is 5.82 Å². The fourth-order valence-corrected chi connectivity index (χ4v) is 4.70. The lowest BCUT2D eigenvalue weighted by Crippen LogP contribution is -2.43. The van der Waals surface area contributed by atoms with Crippen molar-refractivity contribution >= 4 is 11.6 Å². The number of rotatable bonds is 3. The van der Waals surface area contributed by atoms with E-state index in [1.54, 1.807) is 12.1 Å². The predicted molar refractivity (Wildman–Crippen MR) is 102 cm³/mol. The van der Waals surface area contributed by atoms with Gasteiger partial charge in [0.25, 0.3) is 0 Å². The van der Waals surface area contributed by atoms with E-state index in [1.807, 2.05) is 17.0 Å². The van der Waals surface area contributed by atoms with Crippen LogP contribution in [0.25, 0.3) is 11.1 Å². The molecule has 27 heavy (non-hydrogen) atoms. The molecule has 1 aliphatic carbocycles. The Bertz CT molecular complexity index is 878. The zero-order chi connectivity index (χ0) is 18.5. The molecule has 2 heterocycles. The van der Waals surface area contributed by atoms with E-state index in [0.29, 0.717) is 0 Å². The molecule has 1 saturated carbocycles. The largest absolute Gasteiger partial charge is 0.394 e. The normalized spacial score (nSPS) is 26.3. The number of carbonyl (C=O) groups is 1. The van der Waals surface area contributed by atoms with Gasteiger partial charge in [0.05, 0.1) is 18.7 Å². The number of likely N-dealkylation sites (tertiary alicyclic amines) is 1. The van der Waals surface area contributed by atoms with E-state index in [9.17, 15) is 14.3 Å². The Morgan fingerprint density at radius 2 is 1.85 bits per heavy atom. The number of nitrogens with zero attached hydrogens (tertiary/aromatic N) is 1. The Labute approximate surface area is 158 Å². The van der Waals surface area contributed by atoms with Gasteiger partial charge in [-0.2, -0.15) is 0 Å². The lowest BCUT2D eigenvalue weighted by molar-refractivity contribution is -0.134. The number of fused-ring (bicyclic) bond motifs is 3. The molecule has 0 unspecified atom stereocenters. The summed E-state index contributed by atoms with van der Waals surface area (Å²) in [5.74, 6) is 0.420. The molecule has 2 N–H and O–H groups in total. The first kappa shape index (κ1) is 16.8. The second-order valence-corrected chi connectivity index (χ2v) is 7.95. The maximum Gasteiger partial charge on any atom is 0.226 e. The number of anilines is 1. The zero-order valence-corrected chi connectivity index (χ0v) is 15.1. The second-order valence-electron chi connectivity index (χ2n) is 7.95. The number of aliphatic hydroxyl groups excluding tert-OH is 1. The van der Waals surface area contributed by atoms with Crippen molar-refractivity contribution in [1.82, 2.24) is 4.90 Å². The maximum absolute atomic E-state index is 13.3. The molecular formula is C22H23FN2O2. The molecule has 5 heteroatoms. The van der Waals surface area contributed by atoms with Gasteiger partial charge >= 0.3 is 0 Å². The minimum atomic E-state index is -0.249. The third kappa shape index (κ3) is 2.81. The van der Waals surface area contributed by atoms with Gasteiger partial charge in [-0.05, 0) is 60.2 Å². The lowest BCUT2D eigenvalue weighted by Gasteiger charge is -2.39. The molecule has 3 aliphatic rings. The Hall–Kier alpha value is -2.40. The first-order chi connectivity index (χ1) is 13.2. The van der Waals surface area contributed by atoms with Gasteiger partial charge in [0, 0.05) is 24.1 Å². The fraction of sp³-hybridized carbons (Fsp3) is 0.409. The van der Waals surface area contributed by atoms with Gasteiger partial charge in [-0.25, -0.2) is 4.39 Å². The van der Waals surface area contributed by atoms with Crippen LogP contribution >= 0.6 is 0 Å². The summed E-state index contributed by atoms with van der Waals surface area (Å²) in [5, 5.41) is 13.3. The Morgan fingerprint density at radius 3 is 2.56 bits per heavy atom. The quantitative estimate of drug-likeness (QED) is 0.873. The van der Waals surface area contributed by atoms with Gasteiger partial charge in [0.15, 0.2) is 0 Å². The van der Waals surface area contributed by atoms with Gasteiger partial charge < -0.3 is 15.3 Å². The fourth-order valence-electron chi connectivity index (χ4n) is 4.70. The number of hydrogen-bond acceptors (Lipinski definition) is 3. The highest BCUT2D eigenvalue weighted by atomic mass is 19.1. The highest BCUT2D eigenvalue weighted by Gasteiger charge is 2.48. The van der Waals surface area contributed by atoms with Crippen LogP contribution in [0, 0.1) is 17.7 Å². The number of carbonyl (C=O) groups excluding carboxylic acids is 1. The average molecular weight is 366 g/mol. The van der Waals surface area contributed by atoms with Crippen LogP contribution < -0.4 is 5.32 Å². The summed E-state index contributed by atoms with van der Waals surface area (Å²) in [6.07, 6.45) is 2.90. The maximum atomic E-state index is 13.3. The lowest BCUT2D eigenvalue weighted by atomic mass is 9.82. The molecule has 140 valence electrons. The van der Waals surface area contributed by atoms with E-state index < -0.39 is 0 Å². The van der Waals surface area contributed by atoms with Crippen molar-refractivity contribution in [3.8, 4) is 11.1 Å². The molecule has 0 radical (unpaired) electrons. The molecule has 4 nitrogen and oxygen atoms in total. The first-order valence-corrected chi connectivity index (χ1v) is 9.73. The molecule has 0 spiro atoms. The van der Waals surface area contributed by atoms with E-state index in [4.69, 9.17) is 0 Å². The predicted octanol–water partition coefficient (Wildman–Crippen LogP) is 3.58. The molecule has 0 bridgehead atoms. The van der Waals surface area contributed by atoms with E-state index >= 15 is 0 Å². The third-order valence-electron chi connectivity index (χ3n) is 6.26. The second kappa shape index (κ2) is 6.34. The van der Waals surface area contributed by atoms with Crippen LogP contribution in [-0.4, -0.2) is 35.1 Å². The Morgan fingerprint density at radius 1 is 1.11 bits per heavy atom. The molecule has 3 atom stereocenters. The molecule has 1 amide bonds. The minimum Gasteiger partial charge on any atom is -0.394 e. The van der Waals surface area contributed by atoms with Crippen molar-refractivity contribution in [2.45, 2.75) is 31.3 Å². The number of nitrogens with one attached hydrogen (secondary N) is 1. The van der Waals surface area contributed by atoms with Crippen molar-refractivity contribution in [3.63, 3.8) is 0 Å². The van der Waals surface area contributed by atoms with Gasteiger partial charge in [-0.15, -0.1) is 0 Å². The molecule has 2 fully saturated rings. The van der Waals surface area contributed by atoms with Crippen molar-refractivity contribution < 1.29 is 14.3 Å². The number of benzene rings is 2. The van der Waals surface area contributed by atoms with Crippen molar-refractivity contribution in [2.75, 3.05) is 18.5 Å². The SMILES string of the molecule is O=C(C1CC1)N1CC[C@@H]2[C@@H](CO)Nc3ccc(-c4ccc(F)cc4)cc3[C@@H]21. The molecule has 2 aromatic carbocycles. The summed E-state index contributed by atoms with van der Waals surface area (Å²) < 4.78 is 13.3. The first-order valence-electron chi connectivity index (χ1n) is 9.73. The van der Waals surface area contributed by atoms with Crippen LogP contribution in [0.1, 0.15) is 30.9 Å². The standard InChI is InChI=1S/C22H23FN2O2/c23-16-6-3-13(4-7-16)15-5-8-19-18(11-15)21-17(20(12-26)24-19)9-10-25(21)22(27)14-1-2-14/h3-8,11,14,17,20-21,24,26H,1-2,9-10,12H2/t17-,20-,21-/m1/s1. The average Bonchev–Trinajstić information content (AvgIpc) is 3.45. The minimum absolute atomic E-state index is 0.00639. The van der Waals surface area contributed by atoms with Gasteiger partial charge in [0.2, 0.25) is 5.91 Å². The zero-order valence-electron chi connectivity index (χ0n) is 15.1. The summed E-state index contributed by atoms with van der Waals surface area (Å²) in [5.41, 5.74) is 4.07. The molecule has 0 aromatic heterocycles. The number of amides is 1. The third-order valence-corrected chi connectivity index (χ3v) is 6.26. The van der Waals surface area contributed by atoms with E-state index in [2.05, 4.69) is 11.4 Å². The summed E-state index contributed by atoms with van der Waals surface area (Å²) in [7, 11) is 0. The molecule has 2 aromatic rings. The Balaban J connectivity index is 1.57.